The highest BCUT2D eigenvalue weighted by atomic mass is 16.2. The van der Waals surface area contributed by atoms with Gasteiger partial charge < -0.3 is 20.5 Å². The molecule has 2 heterocycles. The second-order valence-corrected chi connectivity index (χ2v) is 7.58. The molecule has 3 rings (SSSR count). The maximum atomic E-state index is 12.9. The Bertz CT molecular complexity index is 850. The Morgan fingerprint density at radius 3 is 2.48 bits per heavy atom. The Kier molecular flexibility index (Phi) is 5.21. The minimum atomic E-state index is -0.797. The Morgan fingerprint density at radius 2 is 1.89 bits per heavy atom. The summed E-state index contributed by atoms with van der Waals surface area (Å²) < 4.78 is 1.79. The van der Waals surface area contributed by atoms with E-state index in [0.29, 0.717) is 11.3 Å². The molecule has 27 heavy (non-hydrogen) atoms. The number of nitrogens with zero attached hydrogens (tertiary/aromatic N) is 3. The predicted molar refractivity (Wildman–Crippen MR) is 106 cm³/mol. The fraction of sp³-hybridized carbons (Fsp3) is 0.450. The van der Waals surface area contributed by atoms with E-state index < -0.39 is 11.4 Å². The molecule has 1 aliphatic rings. The number of nitrogens with two attached hydrogens (primary N) is 1. The van der Waals surface area contributed by atoms with Crippen molar-refractivity contribution in [3.63, 3.8) is 0 Å². The van der Waals surface area contributed by atoms with Crippen molar-refractivity contribution in [1.82, 2.24) is 9.55 Å². The van der Waals surface area contributed by atoms with E-state index >= 15 is 0 Å². The summed E-state index contributed by atoms with van der Waals surface area (Å²) in [5.74, 6) is -0.612. The van der Waals surface area contributed by atoms with E-state index in [9.17, 15) is 9.59 Å². The number of nitrogens with one attached hydrogen (secondary N) is 1. The molecule has 2 amide bonds. The van der Waals surface area contributed by atoms with Gasteiger partial charge in [-0.15, -0.1) is 0 Å². The van der Waals surface area contributed by atoms with Gasteiger partial charge in [0.25, 0.3) is 5.91 Å². The zero-order chi connectivity index (χ0) is 19.6. The fourth-order valence-electron chi connectivity index (χ4n) is 3.34. The van der Waals surface area contributed by atoms with Gasteiger partial charge in [-0.1, -0.05) is 0 Å². The van der Waals surface area contributed by atoms with Crippen LogP contribution in [0.25, 0.3) is 0 Å². The molecule has 2 aromatic rings. The highest BCUT2D eigenvalue weighted by Gasteiger charge is 2.30. The maximum absolute atomic E-state index is 12.9. The van der Waals surface area contributed by atoms with E-state index in [0.717, 1.165) is 37.3 Å². The highest BCUT2D eigenvalue weighted by molar-refractivity contribution is 6.01. The number of carbonyl (C=O) groups is 2. The second kappa shape index (κ2) is 7.42. The molecule has 0 saturated carbocycles. The van der Waals surface area contributed by atoms with Crippen LogP contribution in [0.4, 0.5) is 11.4 Å². The number of imidazole rings is 1. The number of rotatable bonds is 5. The number of aromatic nitrogens is 2. The first kappa shape index (κ1) is 18.9. The van der Waals surface area contributed by atoms with Crippen molar-refractivity contribution in [2.75, 3.05) is 23.3 Å². The van der Waals surface area contributed by atoms with Gasteiger partial charge in [-0.25, -0.2) is 4.98 Å². The molecule has 1 aromatic heterocycles. The average molecular weight is 369 g/mol. The standard InChI is InChI=1S/C20H27N5O2/c1-14-12-25(13-22-14)20(2,3)19(27)23-15-7-8-16(18(21)26)17(11-15)24-9-5-4-6-10-24/h7-8,11-13H,4-6,9-10H2,1-3H3,(H2,21,26)(H,23,27). The second-order valence-electron chi connectivity index (χ2n) is 7.58. The van der Waals surface area contributed by atoms with Crippen LogP contribution in [0.1, 0.15) is 49.2 Å². The molecule has 0 unspecified atom stereocenters. The van der Waals surface area contributed by atoms with Crippen molar-refractivity contribution < 1.29 is 9.59 Å². The number of piperidine rings is 1. The first-order chi connectivity index (χ1) is 12.8. The molecule has 0 spiro atoms. The third-order valence-corrected chi connectivity index (χ3v) is 5.13. The molecular weight excluding hydrogens is 342 g/mol. The minimum absolute atomic E-state index is 0.156. The monoisotopic (exact) mass is 369 g/mol. The molecule has 0 bridgehead atoms. The summed E-state index contributed by atoms with van der Waals surface area (Å²) in [6.45, 7) is 7.34. The molecule has 3 N–H and O–H groups in total. The van der Waals surface area contributed by atoms with Gasteiger partial charge in [-0.2, -0.15) is 0 Å². The lowest BCUT2D eigenvalue weighted by Crippen LogP contribution is -2.39. The SMILES string of the molecule is Cc1cn(C(C)(C)C(=O)Nc2ccc(C(N)=O)c(N3CCCCC3)c2)cn1. The number of primary amides is 1. The van der Waals surface area contributed by atoms with Gasteiger partial charge in [0.1, 0.15) is 5.54 Å². The Labute approximate surface area is 159 Å². The number of benzene rings is 1. The van der Waals surface area contributed by atoms with Crippen LogP contribution in [0.3, 0.4) is 0 Å². The van der Waals surface area contributed by atoms with E-state index in [1.54, 1.807) is 23.0 Å². The first-order valence-electron chi connectivity index (χ1n) is 9.30. The predicted octanol–water partition coefficient (Wildman–Crippen LogP) is 2.65. The normalized spacial score (nSPS) is 14.9. The van der Waals surface area contributed by atoms with Crippen molar-refractivity contribution in [3.05, 3.63) is 42.0 Å². The summed E-state index contributed by atoms with van der Waals surface area (Å²) in [6.07, 6.45) is 6.86. The number of amides is 2. The van der Waals surface area contributed by atoms with Gasteiger partial charge >= 0.3 is 0 Å². The average Bonchev–Trinajstić information content (AvgIpc) is 3.09. The summed E-state index contributed by atoms with van der Waals surface area (Å²) in [5.41, 5.74) is 7.54. The van der Waals surface area contributed by atoms with Gasteiger partial charge in [0.2, 0.25) is 5.91 Å². The molecule has 7 nitrogen and oxygen atoms in total. The van der Waals surface area contributed by atoms with Gasteiger partial charge in [0.05, 0.1) is 23.3 Å². The molecule has 7 heteroatoms. The Balaban J connectivity index is 1.86. The Morgan fingerprint density at radius 1 is 1.19 bits per heavy atom. The summed E-state index contributed by atoms with van der Waals surface area (Å²) in [7, 11) is 0. The molecular formula is C20H27N5O2. The van der Waals surface area contributed by atoms with Crippen molar-refractivity contribution in [3.8, 4) is 0 Å². The largest absolute Gasteiger partial charge is 0.371 e. The zero-order valence-corrected chi connectivity index (χ0v) is 16.2. The molecule has 1 aromatic carbocycles. The molecule has 1 saturated heterocycles. The van der Waals surface area contributed by atoms with Crippen LogP contribution in [0.2, 0.25) is 0 Å². The van der Waals surface area contributed by atoms with Crippen molar-refractivity contribution in [2.24, 2.45) is 5.73 Å². The van der Waals surface area contributed by atoms with E-state index in [2.05, 4.69) is 15.2 Å². The number of hydrogen-bond acceptors (Lipinski definition) is 4. The number of hydrogen-bond donors (Lipinski definition) is 2. The summed E-state index contributed by atoms with van der Waals surface area (Å²) in [5, 5.41) is 2.97. The molecule has 0 atom stereocenters. The van der Waals surface area contributed by atoms with Crippen LogP contribution in [0.15, 0.2) is 30.7 Å². The highest BCUT2D eigenvalue weighted by Crippen LogP contribution is 2.28. The van der Waals surface area contributed by atoms with E-state index in [-0.39, 0.29) is 5.91 Å². The van der Waals surface area contributed by atoms with Crippen LogP contribution in [-0.4, -0.2) is 34.5 Å². The van der Waals surface area contributed by atoms with Crippen LogP contribution in [0, 0.1) is 6.92 Å². The van der Waals surface area contributed by atoms with Crippen molar-refractivity contribution in [2.45, 2.75) is 45.6 Å². The van der Waals surface area contributed by atoms with E-state index in [4.69, 9.17) is 5.73 Å². The quantitative estimate of drug-likeness (QED) is 0.847. The third kappa shape index (κ3) is 3.97. The Hall–Kier alpha value is -2.83. The lowest BCUT2D eigenvalue weighted by molar-refractivity contribution is -0.123. The zero-order valence-electron chi connectivity index (χ0n) is 16.2. The van der Waals surface area contributed by atoms with Crippen molar-refractivity contribution in [1.29, 1.82) is 0 Å². The molecule has 1 aliphatic heterocycles. The van der Waals surface area contributed by atoms with Crippen LogP contribution >= 0.6 is 0 Å². The number of carbonyl (C=O) groups excluding carboxylic acids is 2. The number of anilines is 2. The fourth-order valence-corrected chi connectivity index (χ4v) is 3.34. The molecule has 144 valence electrons. The summed E-state index contributed by atoms with van der Waals surface area (Å²) >= 11 is 0. The smallest absolute Gasteiger partial charge is 0.250 e. The molecule has 0 radical (unpaired) electrons. The van der Waals surface area contributed by atoms with E-state index in [1.807, 2.05) is 33.0 Å². The van der Waals surface area contributed by atoms with Crippen LogP contribution < -0.4 is 16.0 Å². The van der Waals surface area contributed by atoms with Gasteiger partial charge in [-0.3, -0.25) is 9.59 Å². The van der Waals surface area contributed by atoms with Gasteiger partial charge in [0.15, 0.2) is 0 Å². The van der Waals surface area contributed by atoms with Gasteiger partial charge in [0, 0.05) is 25.0 Å². The first-order valence-corrected chi connectivity index (χ1v) is 9.30. The third-order valence-electron chi connectivity index (χ3n) is 5.13. The van der Waals surface area contributed by atoms with Crippen LogP contribution in [0.5, 0.6) is 0 Å². The topological polar surface area (TPSA) is 93.2 Å². The maximum Gasteiger partial charge on any atom is 0.250 e. The molecule has 1 fully saturated rings. The van der Waals surface area contributed by atoms with Crippen LogP contribution in [-0.2, 0) is 10.3 Å². The summed E-state index contributed by atoms with van der Waals surface area (Å²) in [6, 6.07) is 5.26. The lowest BCUT2D eigenvalue weighted by atomic mass is 10.0. The van der Waals surface area contributed by atoms with E-state index in [1.165, 1.54) is 6.42 Å². The van der Waals surface area contributed by atoms with Gasteiger partial charge in [-0.05, 0) is 58.2 Å². The minimum Gasteiger partial charge on any atom is -0.371 e. The number of aryl methyl sites for hydroxylation is 1. The summed E-state index contributed by atoms with van der Waals surface area (Å²) in [4.78, 5) is 31.1. The molecule has 0 aliphatic carbocycles. The lowest BCUT2D eigenvalue weighted by Gasteiger charge is -2.31. The van der Waals surface area contributed by atoms with Crippen molar-refractivity contribution >= 4 is 23.2 Å².